The van der Waals surface area contributed by atoms with Crippen LogP contribution < -0.4 is 0 Å². The van der Waals surface area contributed by atoms with Gasteiger partial charge in [0.05, 0.1) is 0 Å². The zero-order chi connectivity index (χ0) is 10.6. The molecule has 0 saturated heterocycles. The fourth-order valence-electron chi connectivity index (χ4n) is 1.65. The fourth-order valence-corrected chi connectivity index (χ4v) is 1.65. The summed E-state index contributed by atoms with van der Waals surface area (Å²) in [4.78, 5) is 0. The Hall–Kier alpha value is -0.820. The van der Waals surface area contributed by atoms with Gasteiger partial charge in [-0.2, -0.15) is 0 Å². The summed E-state index contributed by atoms with van der Waals surface area (Å²) >= 11 is 0. The van der Waals surface area contributed by atoms with Gasteiger partial charge in [0.25, 0.3) is 0 Å². The van der Waals surface area contributed by atoms with E-state index in [1.54, 1.807) is 0 Å². The summed E-state index contributed by atoms with van der Waals surface area (Å²) in [6.07, 6.45) is 2.02. The summed E-state index contributed by atoms with van der Waals surface area (Å²) < 4.78 is 0. The van der Waals surface area contributed by atoms with Crippen LogP contribution in [0.5, 0.6) is 0 Å². The number of aliphatic hydroxyl groups excluding tert-OH is 1. The lowest BCUT2D eigenvalue weighted by atomic mass is 9.84. The highest BCUT2D eigenvalue weighted by Crippen LogP contribution is 2.23. The molecule has 0 amide bonds. The Morgan fingerprint density at radius 1 is 1.14 bits per heavy atom. The monoisotopic (exact) mass is 192 g/mol. The number of hydrogen-bond acceptors (Lipinski definition) is 1. The van der Waals surface area contributed by atoms with Crippen LogP contribution in [0, 0.1) is 5.41 Å². The minimum absolute atomic E-state index is 0.00866. The van der Waals surface area contributed by atoms with Crippen LogP contribution >= 0.6 is 0 Å². The maximum atomic E-state index is 9.22. The van der Waals surface area contributed by atoms with E-state index in [-0.39, 0.29) is 12.0 Å². The second-order valence-electron chi connectivity index (χ2n) is 4.62. The molecule has 0 atom stereocenters. The second kappa shape index (κ2) is 4.61. The van der Waals surface area contributed by atoms with Gasteiger partial charge >= 0.3 is 0 Å². The van der Waals surface area contributed by atoms with Gasteiger partial charge in [-0.1, -0.05) is 45.0 Å². The number of rotatable bonds is 4. The molecule has 0 saturated carbocycles. The number of aliphatic hydroxyl groups is 1. The van der Waals surface area contributed by atoms with Gasteiger partial charge in [0.15, 0.2) is 0 Å². The first-order valence-corrected chi connectivity index (χ1v) is 5.26. The molecule has 1 heteroatoms. The zero-order valence-electron chi connectivity index (χ0n) is 9.38. The van der Waals surface area contributed by atoms with E-state index < -0.39 is 0 Å². The highest BCUT2D eigenvalue weighted by Gasteiger charge is 2.18. The van der Waals surface area contributed by atoms with E-state index in [1.807, 2.05) is 0 Å². The van der Waals surface area contributed by atoms with Crippen molar-refractivity contribution in [2.75, 3.05) is 6.61 Å². The molecule has 78 valence electrons. The molecule has 1 aromatic rings. The molecule has 0 fully saturated rings. The van der Waals surface area contributed by atoms with Gasteiger partial charge in [-0.05, 0) is 29.4 Å². The number of aryl methyl sites for hydroxylation is 1. The van der Waals surface area contributed by atoms with Crippen LogP contribution in [0.25, 0.3) is 0 Å². The third-order valence-corrected chi connectivity index (χ3v) is 2.60. The first kappa shape index (κ1) is 11.3. The van der Waals surface area contributed by atoms with E-state index in [1.165, 1.54) is 11.1 Å². The number of hydrogen-bond donors (Lipinski definition) is 1. The van der Waals surface area contributed by atoms with Gasteiger partial charge in [-0.3, -0.25) is 0 Å². The van der Waals surface area contributed by atoms with Crippen molar-refractivity contribution < 1.29 is 5.11 Å². The highest BCUT2D eigenvalue weighted by molar-refractivity contribution is 5.27. The zero-order valence-corrected chi connectivity index (χ0v) is 9.38. The van der Waals surface area contributed by atoms with Crippen LogP contribution in [0.4, 0.5) is 0 Å². The molecule has 0 heterocycles. The van der Waals surface area contributed by atoms with Crippen LogP contribution in [0.2, 0.25) is 0 Å². The van der Waals surface area contributed by atoms with Crippen LogP contribution in [-0.4, -0.2) is 11.7 Å². The van der Waals surface area contributed by atoms with E-state index >= 15 is 0 Å². The van der Waals surface area contributed by atoms with Crippen molar-refractivity contribution in [1.29, 1.82) is 0 Å². The summed E-state index contributed by atoms with van der Waals surface area (Å²) in [5, 5.41) is 9.22. The van der Waals surface area contributed by atoms with Crippen molar-refractivity contribution in [3.05, 3.63) is 35.4 Å². The molecule has 0 aromatic heterocycles. The van der Waals surface area contributed by atoms with Gasteiger partial charge in [0.1, 0.15) is 0 Å². The summed E-state index contributed by atoms with van der Waals surface area (Å²) in [5.41, 5.74) is 2.76. The van der Waals surface area contributed by atoms with Crippen molar-refractivity contribution in [3.8, 4) is 0 Å². The Morgan fingerprint density at radius 2 is 1.71 bits per heavy atom. The SMILES string of the molecule is CCc1ccccc1CC(C)(C)CO. The maximum Gasteiger partial charge on any atom is 0.0485 e. The quantitative estimate of drug-likeness (QED) is 0.777. The van der Waals surface area contributed by atoms with E-state index in [4.69, 9.17) is 0 Å². The minimum atomic E-state index is -0.00866. The molecule has 1 rings (SSSR count). The molecule has 1 aromatic carbocycles. The Balaban J connectivity index is 2.85. The average molecular weight is 192 g/mol. The average Bonchev–Trinajstić information content (AvgIpc) is 2.18. The first-order valence-electron chi connectivity index (χ1n) is 5.26. The summed E-state index contributed by atoms with van der Waals surface area (Å²) in [6.45, 7) is 6.61. The van der Waals surface area contributed by atoms with Crippen molar-refractivity contribution in [2.45, 2.75) is 33.6 Å². The lowest BCUT2D eigenvalue weighted by Gasteiger charge is -2.22. The largest absolute Gasteiger partial charge is 0.396 e. The molecule has 0 bridgehead atoms. The Bertz CT molecular complexity index is 289. The lowest BCUT2D eigenvalue weighted by Crippen LogP contribution is -2.20. The van der Waals surface area contributed by atoms with E-state index in [2.05, 4.69) is 45.0 Å². The topological polar surface area (TPSA) is 20.2 Å². The lowest BCUT2D eigenvalue weighted by molar-refractivity contribution is 0.159. The summed E-state index contributed by atoms with van der Waals surface area (Å²) in [5.74, 6) is 0. The van der Waals surface area contributed by atoms with Gasteiger partial charge < -0.3 is 5.11 Å². The predicted molar refractivity (Wildman–Crippen MR) is 60.4 cm³/mol. The first-order chi connectivity index (χ1) is 6.59. The Labute approximate surface area is 86.8 Å². The van der Waals surface area contributed by atoms with Gasteiger partial charge in [0.2, 0.25) is 0 Å². The van der Waals surface area contributed by atoms with E-state index in [9.17, 15) is 5.11 Å². The molecule has 0 spiro atoms. The fraction of sp³-hybridized carbons (Fsp3) is 0.538. The van der Waals surface area contributed by atoms with Crippen molar-refractivity contribution >= 4 is 0 Å². The van der Waals surface area contributed by atoms with Crippen LogP contribution in [0.15, 0.2) is 24.3 Å². The summed E-state index contributed by atoms with van der Waals surface area (Å²) in [7, 11) is 0. The Kier molecular flexibility index (Phi) is 3.70. The molecule has 0 radical (unpaired) electrons. The normalized spacial score (nSPS) is 11.7. The predicted octanol–water partition coefficient (Wildman–Crippen LogP) is 2.81. The Morgan fingerprint density at radius 3 is 2.21 bits per heavy atom. The van der Waals surface area contributed by atoms with E-state index in [0.717, 1.165) is 12.8 Å². The van der Waals surface area contributed by atoms with Crippen LogP contribution in [0.1, 0.15) is 31.9 Å². The maximum absolute atomic E-state index is 9.22. The molecule has 1 N–H and O–H groups in total. The molecule has 0 aliphatic heterocycles. The third-order valence-electron chi connectivity index (χ3n) is 2.60. The van der Waals surface area contributed by atoms with Crippen molar-refractivity contribution in [3.63, 3.8) is 0 Å². The van der Waals surface area contributed by atoms with Gasteiger partial charge in [-0.15, -0.1) is 0 Å². The molecule has 1 nitrogen and oxygen atoms in total. The molecule has 0 aliphatic carbocycles. The van der Waals surface area contributed by atoms with Crippen LogP contribution in [-0.2, 0) is 12.8 Å². The van der Waals surface area contributed by atoms with Gasteiger partial charge in [0, 0.05) is 6.61 Å². The minimum Gasteiger partial charge on any atom is -0.396 e. The second-order valence-corrected chi connectivity index (χ2v) is 4.62. The number of benzene rings is 1. The third kappa shape index (κ3) is 2.85. The highest BCUT2D eigenvalue weighted by atomic mass is 16.3. The molecule has 0 aliphatic rings. The molecular formula is C13H20O. The standard InChI is InChI=1S/C13H20O/c1-4-11-7-5-6-8-12(11)9-13(2,3)10-14/h5-8,14H,4,9-10H2,1-3H3. The van der Waals surface area contributed by atoms with E-state index in [0.29, 0.717) is 0 Å². The van der Waals surface area contributed by atoms with Crippen molar-refractivity contribution in [2.24, 2.45) is 5.41 Å². The van der Waals surface area contributed by atoms with Crippen LogP contribution in [0.3, 0.4) is 0 Å². The summed E-state index contributed by atoms with van der Waals surface area (Å²) in [6, 6.07) is 8.48. The van der Waals surface area contributed by atoms with Crippen molar-refractivity contribution in [1.82, 2.24) is 0 Å². The van der Waals surface area contributed by atoms with Gasteiger partial charge in [-0.25, -0.2) is 0 Å². The molecule has 14 heavy (non-hydrogen) atoms. The smallest absolute Gasteiger partial charge is 0.0485 e. The molecule has 0 unspecified atom stereocenters. The molecular weight excluding hydrogens is 172 g/mol.